The van der Waals surface area contributed by atoms with Crippen LogP contribution < -0.4 is 9.64 Å². The molecule has 1 unspecified atom stereocenters. The van der Waals surface area contributed by atoms with Gasteiger partial charge in [0.2, 0.25) is 10.0 Å². The molecule has 0 radical (unpaired) electrons. The van der Waals surface area contributed by atoms with Crippen LogP contribution in [0.1, 0.15) is 13.3 Å². The lowest BCUT2D eigenvalue weighted by molar-refractivity contribution is -0.145. The average molecular weight is 443 g/mol. The lowest BCUT2D eigenvalue weighted by Crippen LogP contribution is -2.46. The Morgan fingerprint density at radius 1 is 1.06 bits per heavy atom. The van der Waals surface area contributed by atoms with Gasteiger partial charge in [-0.1, -0.05) is 24.1 Å². The van der Waals surface area contributed by atoms with E-state index in [0.29, 0.717) is 25.3 Å². The van der Waals surface area contributed by atoms with Crippen molar-refractivity contribution in [2.75, 3.05) is 38.3 Å². The SMILES string of the molecule is CC#CCOc1ccc(S(=O)(=O)N2CCN(c3ccccc3)CCC2C(=O)OC)cc1. The minimum atomic E-state index is -3.91. The van der Waals surface area contributed by atoms with Crippen LogP contribution in [0.5, 0.6) is 5.75 Å². The van der Waals surface area contributed by atoms with E-state index in [0.717, 1.165) is 5.69 Å². The monoisotopic (exact) mass is 442 g/mol. The third-order valence-electron chi connectivity index (χ3n) is 5.12. The van der Waals surface area contributed by atoms with Crippen LogP contribution in [-0.2, 0) is 19.6 Å². The van der Waals surface area contributed by atoms with E-state index >= 15 is 0 Å². The zero-order valence-corrected chi connectivity index (χ0v) is 18.5. The van der Waals surface area contributed by atoms with E-state index in [-0.39, 0.29) is 18.0 Å². The Morgan fingerprint density at radius 2 is 1.77 bits per heavy atom. The molecule has 1 heterocycles. The fraction of sp³-hybridized carbons (Fsp3) is 0.348. The molecule has 0 aromatic heterocycles. The molecule has 0 aliphatic carbocycles. The highest BCUT2D eigenvalue weighted by atomic mass is 32.2. The molecule has 1 atom stereocenters. The second-order valence-corrected chi connectivity index (χ2v) is 8.84. The van der Waals surface area contributed by atoms with E-state index in [1.165, 1.54) is 23.5 Å². The Bertz CT molecular complexity index is 1040. The van der Waals surface area contributed by atoms with E-state index in [1.54, 1.807) is 19.1 Å². The van der Waals surface area contributed by atoms with Gasteiger partial charge in [-0.25, -0.2) is 8.42 Å². The molecule has 8 heteroatoms. The summed E-state index contributed by atoms with van der Waals surface area (Å²) in [6.07, 6.45) is 0.331. The zero-order valence-electron chi connectivity index (χ0n) is 17.7. The third kappa shape index (κ3) is 5.37. The molecule has 0 bridgehead atoms. The number of hydrogen-bond acceptors (Lipinski definition) is 6. The van der Waals surface area contributed by atoms with Crippen LogP contribution >= 0.6 is 0 Å². The van der Waals surface area contributed by atoms with Gasteiger partial charge in [-0.3, -0.25) is 4.79 Å². The van der Waals surface area contributed by atoms with Gasteiger partial charge in [0.25, 0.3) is 0 Å². The van der Waals surface area contributed by atoms with Crippen LogP contribution in [0.15, 0.2) is 59.5 Å². The van der Waals surface area contributed by atoms with Crippen molar-refractivity contribution in [3.63, 3.8) is 0 Å². The summed E-state index contributed by atoms with van der Waals surface area (Å²) in [6, 6.07) is 15.0. The summed E-state index contributed by atoms with van der Waals surface area (Å²) in [4.78, 5) is 14.7. The van der Waals surface area contributed by atoms with Gasteiger partial charge in [0.1, 0.15) is 18.4 Å². The van der Waals surface area contributed by atoms with Gasteiger partial charge in [0.15, 0.2) is 0 Å². The molecule has 0 N–H and O–H groups in total. The van der Waals surface area contributed by atoms with E-state index in [4.69, 9.17) is 9.47 Å². The Balaban J connectivity index is 1.85. The Hall–Kier alpha value is -3.02. The molecule has 7 nitrogen and oxygen atoms in total. The number of nitrogens with zero attached hydrogens (tertiary/aromatic N) is 2. The van der Waals surface area contributed by atoms with E-state index < -0.39 is 22.0 Å². The summed E-state index contributed by atoms with van der Waals surface area (Å²) in [5.74, 6) is 5.49. The molecule has 1 fully saturated rings. The maximum atomic E-state index is 13.4. The number of hydrogen-bond donors (Lipinski definition) is 0. The molecule has 0 spiro atoms. The van der Waals surface area contributed by atoms with Gasteiger partial charge >= 0.3 is 5.97 Å². The largest absolute Gasteiger partial charge is 0.481 e. The van der Waals surface area contributed by atoms with Gasteiger partial charge in [0, 0.05) is 25.3 Å². The van der Waals surface area contributed by atoms with Gasteiger partial charge in [-0.05, 0) is 49.7 Å². The predicted octanol–water partition coefficient (Wildman–Crippen LogP) is 2.53. The summed E-state index contributed by atoms with van der Waals surface area (Å²) >= 11 is 0. The second kappa shape index (κ2) is 10.3. The second-order valence-electron chi connectivity index (χ2n) is 6.95. The average Bonchev–Trinajstić information content (AvgIpc) is 3.03. The van der Waals surface area contributed by atoms with Crippen LogP contribution in [0.4, 0.5) is 5.69 Å². The maximum Gasteiger partial charge on any atom is 0.324 e. The molecule has 2 aromatic rings. The van der Waals surface area contributed by atoms with Crippen molar-refractivity contribution < 1.29 is 22.7 Å². The number of benzene rings is 2. The number of sulfonamides is 1. The number of carbonyl (C=O) groups excluding carboxylic acids is 1. The molecule has 164 valence electrons. The first-order valence-corrected chi connectivity index (χ1v) is 11.4. The van der Waals surface area contributed by atoms with Crippen molar-refractivity contribution in [2.45, 2.75) is 24.3 Å². The summed E-state index contributed by atoms with van der Waals surface area (Å²) in [5.41, 5.74) is 0.988. The smallest absolute Gasteiger partial charge is 0.324 e. The molecular weight excluding hydrogens is 416 g/mol. The molecule has 1 saturated heterocycles. The van der Waals surface area contributed by atoms with Crippen molar-refractivity contribution in [3.8, 4) is 17.6 Å². The normalized spacial score (nSPS) is 17.2. The van der Waals surface area contributed by atoms with Crippen LogP contribution in [0, 0.1) is 11.8 Å². The number of anilines is 1. The lowest BCUT2D eigenvalue weighted by atomic mass is 10.2. The van der Waals surface area contributed by atoms with Gasteiger partial charge in [0.05, 0.1) is 12.0 Å². The van der Waals surface area contributed by atoms with Crippen molar-refractivity contribution >= 4 is 21.7 Å². The quantitative estimate of drug-likeness (QED) is 0.506. The number of esters is 1. The molecule has 31 heavy (non-hydrogen) atoms. The minimum absolute atomic E-state index is 0.100. The van der Waals surface area contributed by atoms with Crippen LogP contribution in [0.3, 0.4) is 0 Å². The maximum absolute atomic E-state index is 13.4. The highest BCUT2D eigenvalue weighted by Crippen LogP contribution is 2.26. The first-order valence-electron chi connectivity index (χ1n) is 9.99. The topological polar surface area (TPSA) is 76.2 Å². The molecular formula is C23H26N2O5S. The molecule has 1 aliphatic heterocycles. The fourth-order valence-electron chi connectivity index (χ4n) is 3.50. The van der Waals surface area contributed by atoms with Gasteiger partial charge in [-0.2, -0.15) is 4.31 Å². The summed E-state index contributed by atoms with van der Waals surface area (Å²) in [5, 5.41) is 0. The number of rotatable bonds is 6. The highest BCUT2D eigenvalue weighted by molar-refractivity contribution is 7.89. The zero-order chi connectivity index (χ0) is 22.3. The molecule has 0 saturated carbocycles. The molecule has 1 aliphatic rings. The summed E-state index contributed by atoms with van der Waals surface area (Å²) < 4.78 is 38.5. The van der Waals surface area contributed by atoms with Crippen molar-refractivity contribution in [1.29, 1.82) is 0 Å². The lowest BCUT2D eigenvalue weighted by Gasteiger charge is -2.26. The number of methoxy groups -OCH3 is 1. The van der Waals surface area contributed by atoms with Crippen molar-refractivity contribution in [2.24, 2.45) is 0 Å². The van der Waals surface area contributed by atoms with Crippen molar-refractivity contribution in [3.05, 3.63) is 54.6 Å². The Morgan fingerprint density at radius 3 is 2.42 bits per heavy atom. The Labute approximate surface area is 183 Å². The minimum Gasteiger partial charge on any atom is -0.481 e. The standard InChI is InChI=1S/C23H26N2O5S/c1-3-4-18-30-20-10-12-21(13-11-20)31(27,28)25-17-16-24(19-8-6-5-7-9-19)15-14-22(25)23(26)29-2/h5-13,22H,14-18H2,1-2H3. The van der Waals surface area contributed by atoms with E-state index in [2.05, 4.69) is 16.7 Å². The summed E-state index contributed by atoms with van der Waals surface area (Å²) in [6.45, 7) is 3.13. The first-order chi connectivity index (χ1) is 15.0. The highest BCUT2D eigenvalue weighted by Gasteiger charge is 2.38. The van der Waals surface area contributed by atoms with E-state index in [1.807, 2.05) is 30.3 Å². The van der Waals surface area contributed by atoms with Crippen LogP contribution in [0.2, 0.25) is 0 Å². The van der Waals surface area contributed by atoms with Gasteiger partial charge in [-0.15, -0.1) is 5.92 Å². The number of ether oxygens (including phenoxy) is 2. The Kier molecular flexibility index (Phi) is 7.55. The molecule has 2 aromatic carbocycles. The third-order valence-corrected chi connectivity index (χ3v) is 7.05. The first kappa shape index (κ1) is 22.7. The van der Waals surface area contributed by atoms with Crippen LogP contribution in [0.25, 0.3) is 0 Å². The predicted molar refractivity (Wildman–Crippen MR) is 118 cm³/mol. The van der Waals surface area contributed by atoms with Gasteiger partial charge < -0.3 is 14.4 Å². The number of para-hydroxylation sites is 1. The van der Waals surface area contributed by atoms with Crippen LogP contribution in [-0.4, -0.2) is 58.1 Å². The molecule has 0 amide bonds. The summed E-state index contributed by atoms with van der Waals surface area (Å²) in [7, 11) is -2.64. The fourth-order valence-corrected chi connectivity index (χ4v) is 5.10. The van der Waals surface area contributed by atoms with E-state index in [9.17, 15) is 13.2 Å². The van der Waals surface area contributed by atoms with Crippen molar-refractivity contribution in [1.82, 2.24) is 4.31 Å². The molecule has 3 rings (SSSR count). The number of carbonyl (C=O) groups is 1.